The van der Waals surface area contributed by atoms with Gasteiger partial charge in [-0.3, -0.25) is 9.59 Å². The molecule has 4 rings (SSSR count). The topological polar surface area (TPSA) is 127 Å². The summed E-state index contributed by atoms with van der Waals surface area (Å²) in [6, 6.07) is 18.1. The van der Waals surface area contributed by atoms with Crippen molar-refractivity contribution < 1.29 is 14.3 Å². The number of nitrogens with two attached hydrogens (primary N) is 1. The third-order valence-corrected chi connectivity index (χ3v) is 5.38. The number of aromatic amines is 1. The number of H-pyrrole nitrogens is 1. The van der Waals surface area contributed by atoms with Gasteiger partial charge in [-0.15, -0.1) is 0 Å². The first-order valence-electron chi connectivity index (χ1n) is 11.4. The number of aromatic nitrogens is 3. The molecule has 0 aliphatic rings. The van der Waals surface area contributed by atoms with Gasteiger partial charge in [-0.2, -0.15) is 0 Å². The van der Waals surface area contributed by atoms with Crippen LogP contribution in [0.25, 0.3) is 5.69 Å². The molecule has 0 radical (unpaired) electrons. The van der Waals surface area contributed by atoms with Crippen molar-refractivity contribution in [1.29, 1.82) is 0 Å². The zero-order valence-corrected chi connectivity index (χ0v) is 19.2. The quantitative estimate of drug-likeness (QED) is 0.266. The number of rotatable bonds is 11. The average molecular weight is 473 g/mol. The van der Waals surface area contributed by atoms with Crippen LogP contribution in [0.3, 0.4) is 0 Å². The molecule has 0 saturated carbocycles. The second-order valence-electron chi connectivity index (χ2n) is 8.02. The van der Waals surface area contributed by atoms with Crippen molar-refractivity contribution in [2.24, 2.45) is 5.73 Å². The van der Waals surface area contributed by atoms with Crippen LogP contribution in [0.5, 0.6) is 11.5 Å². The molecule has 0 fully saturated rings. The van der Waals surface area contributed by atoms with Crippen molar-refractivity contribution in [3.63, 3.8) is 0 Å². The number of benzene rings is 2. The number of imidazole rings is 1. The number of hydrogen-bond acceptors (Lipinski definition) is 5. The molecule has 4 aromatic rings. The molecule has 9 heteroatoms. The molecule has 0 aliphatic heterocycles. The smallest absolute Gasteiger partial charge is 0.236 e. The van der Waals surface area contributed by atoms with E-state index in [1.165, 1.54) is 0 Å². The van der Waals surface area contributed by atoms with Gasteiger partial charge in [0, 0.05) is 55.0 Å². The van der Waals surface area contributed by atoms with Gasteiger partial charge in [0.05, 0.1) is 12.4 Å². The Morgan fingerprint density at radius 3 is 2.37 bits per heavy atom. The third kappa shape index (κ3) is 7.05. The molecule has 2 heterocycles. The number of nitrogens with one attached hydrogen (secondary N) is 3. The summed E-state index contributed by atoms with van der Waals surface area (Å²) in [5.41, 5.74) is 8.54. The maximum atomic E-state index is 12.3. The van der Waals surface area contributed by atoms with E-state index in [0.717, 1.165) is 17.1 Å². The maximum absolute atomic E-state index is 12.3. The van der Waals surface area contributed by atoms with Gasteiger partial charge in [-0.05, 0) is 67.1 Å². The Kier molecular flexibility index (Phi) is 7.92. The molecular weight excluding hydrogens is 444 g/mol. The van der Waals surface area contributed by atoms with Gasteiger partial charge >= 0.3 is 0 Å². The predicted octanol–water partition coefficient (Wildman–Crippen LogP) is 3.40. The largest absolute Gasteiger partial charge is 0.457 e. The predicted molar refractivity (Wildman–Crippen MR) is 133 cm³/mol. The molecule has 1 atom stereocenters. The van der Waals surface area contributed by atoms with Crippen LogP contribution in [0.15, 0.2) is 85.6 Å². The fourth-order valence-corrected chi connectivity index (χ4v) is 3.45. The number of carbonyl (C=O) groups excluding carboxylic acids is 2. The highest BCUT2D eigenvalue weighted by molar-refractivity contribution is 5.91. The molecular formula is C26H28N6O3. The van der Waals surface area contributed by atoms with E-state index in [1.54, 1.807) is 36.8 Å². The van der Waals surface area contributed by atoms with Gasteiger partial charge in [-0.25, -0.2) is 4.98 Å². The Hall–Kier alpha value is -4.37. The van der Waals surface area contributed by atoms with E-state index in [9.17, 15) is 9.59 Å². The van der Waals surface area contributed by atoms with E-state index >= 15 is 0 Å². The maximum Gasteiger partial charge on any atom is 0.236 e. The Bertz CT molecular complexity index is 1200. The van der Waals surface area contributed by atoms with E-state index in [0.29, 0.717) is 24.4 Å². The number of anilines is 1. The molecule has 9 nitrogen and oxygen atoms in total. The third-order valence-electron chi connectivity index (χ3n) is 5.38. The number of ether oxygens (including phenoxy) is 1. The van der Waals surface area contributed by atoms with E-state index in [4.69, 9.17) is 10.5 Å². The highest BCUT2D eigenvalue weighted by Crippen LogP contribution is 2.24. The average Bonchev–Trinajstić information content (AvgIpc) is 3.59. The van der Waals surface area contributed by atoms with Crippen molar-refractivity contribution >= 4 is 17.5 Å². The van der Waals surface area contributed by atoms with Crippen LogP contribution in [0.4, 0.5) is 5.69 Å². The van der Waals surface area contributed by atoms with E-state index < -0.39 is 6.04 Å². The van der Waals surface area contributed by atoms with Crippen LogP contribution in [0.2, 0.25) is 0 Å². The molecule has 1 unspecified atom stereocenters. The normalized spacial score (nSPS) is 11.6. The molecule has 0 spiro atoms. The molecule has 35 heavy (non-hydrogen) atoms. The summed E-state index contributed by atoms with van der Waals surface area (Å²) in [6.07, 6.45) is 8.29. The fraction of sp³-hybridized carbons (Fsp3) is 0.192. The van der Waals surface area contributed by atoms with Crippen LogP contribution in [-0.2, 0) is 16.0 Å². The van der Waals surface area contributed by atoms with Crippen LogP contribution >= 0.6 is 0 Å². The van der Waals surface area contributed by atoms with Gasteiger partial charge in [0.15, 0.2) is 0 Å². The van der Waals surface area contributed by atoms with E-state index in [1.807, 2.05) is 53.4 Å². The Morgan fingerprint density at radius 2 is 1.71 bits per heavy atom. The number of amides is 2. The lowest BCUT2D eigenvalue weighted by Gasteiger charge is -2.12. The molecule has 0 aliphatic carbocycles. The second-order valence-corrected chi connectivity index (χ2v) is 8.02. The Balaban J connectivity index is 1.18. The second kappa shape index (κ2) is 11.7. The zero-order valence-electron chi connectivity index (χ0n) is 19.2. The first kappa shape index (κ1) is 23.8. The number of nitrogens with zero attached hydrogens (tertiary/aromatic N) is 2. The van der Waals surface area contributed by atoms with Crippen molar-refractivity contribution in [1.82, 2.24) is 19.9 Å². The Morgan fingerprint density at radius 1 is 1.03 bits per heavy atom. The van der Waals surface area contributed by atoms with Crippen molar-refractivity contribution in [2.75, 3.05) is 11.9 Å². The summed E-state index contributed by atoms with van der Waals surface area (Å²) in [4.78, 5) is 31.3. The van der Waals surface area contributed by atoms with Gasteiger partial charge in [0.25, 0.3) is 0 Å². The standard InChI is InChI=1S/C26H28N6O3/c27-24(26(34)29-14-13-20-17-28-18-30-20)11-12-25(33)31-19-3-7-22(8-4-19)35-23-9-5-21(6-10-23)32-15-1-2-16-32/h1-10,15-18,24H,11-14,27H2,(H,28,30)(H,29,34)(H,31,33). The van der Waals surface area contributed by atoms with Gasteiger partial charge in [0.1, 0.15) is 11.5 Å². The first-order valence-corrected chi connectivity index (χ1v) is 11.4. The van der Waals surface area contributed by atoms with Crippen molar-refractivity contribution in [3.8, 4) is 17.2 Å². The lowest BCUT2D eigenvalue weighted by atomic mass is 10.1. The van der Waals surface area contributed by atoms with Crippen LogP contribution < -0.4 is 21.1 Å². The fourth-order valence-electron chi connectivity index (χ4n) is 3.45. The summed E-state index contributed by atoms with van der Waals surface area (Å²) < 4.78 is 7.90. The molecule has 0 bridgehead atoms. The van der Waals surface area contributed by atoms with Gasteiger partial charge < -0.3 is 30.7 Å². The van der Waals surface area contributed by atoms with Gasteiger partial charge in [-0.1, -0.05) is 0 Å². The highest BCUT2D eigenvalue weighted by atomic mass is 16.5. The molecule has 0 saturated heterocycles. The van der Waals surface area contributed by atoms with Crippen molar-refractivity contribution in [3.05, 3.63) is 91.3 Å². The first-order chi connectivity index (χ1) is 17.1. The van der Waals surface area contributed by atoms with E-state index in [2.05, 4.69) is 20.6 Å². The minimum atomic E-state index is -0.748. The number of hydrogen-bond donors (Lipinski definition) is 4. The van der Waals surface area contributed by atoms with Crippen LogP contribution in [0.1, 0.15) is 18.5 Å². The minimum Gasteiger partial charge on any atom is -0.457 e. The van der Waals surface area contributed by atoms with E-state index in [-0.39, 0.29) is 24.7 Å². The summed E-state index contributed by atoms with van der Waals surface area (Å²) in [6.45, 7) is 0.451. The lowest BCUT2D eigenvalue weighted by Crippen LogP contribution is -2.41. The SMILES string of the molecule is NC(CCC(=O)Nc1ccc(Oc2ccc(-n3cccc3)cc2)cc1)C(=O)NCCc1cnc[nH]1. The van der Waals surface area contributed by atoms with Gasteiger partial charge in [0.2, 0.25) is 11.8 Å². The molecule has 2 aromatic carbocycles. The number of carbonyl (C=O) groups is 2. The molecule has 5 N–H and O–H groups in total. The molecule has 180 valence electrons. The molecule has 2 amide bonds. The highest BCUT2D eigenvalue weighted by Gasteiger charge is 2.15. The van der Waals surface area contributed by atoms with Crippen molar-refractivity contribution in [2.45, 2.75) is 25.3 Å². The van der Waals surface area contributed by atoms with Crippen LogP contribution in [-0.4, -0.2) is 38.9 Å². The Labute approximate surface area is 203 Å². The summed E-state index contributed by atoms with van der Waals surface area (Å²) >= 11 is 0. The monoisotopic (exact) mass is 472 g/mol. The lowest BCUT2D eigenvalue weighted by molar-refractivity contribution is -0.122. The summed E-state index contributed by atoms with van der Waals surface area (Å²) in [7, 11) is 0. The summed E-state index contributed by atoms with van der Waals surface area (Å²) in [5, 5.41) is 5.59. The summed E-state index contributed by atoms with van der Waals surface area (Å²) in [5.74, 6) is 0.889. The minimum absolute atomic E-state index is 0.140. The molecule has 2 aromatic heterocycles. The zero-order chi connectivity index (χ0) is 24.5. The van der Waals surface area contributed by atoms with Crippen LogP contribution in [0, 0.1) is 0 Å².